The van der Waals surface area contributed by atoms with Gasteiger partial charge in [-0.1, -0.05) is 97.4 Å². The van der Waals surface area contributed by atoms with E-state index in [4.69, 9.17) is 0 Å². The van der Waals surface area contributed by atoms with E-state index in [1.54, 1.807) is 12.1 Å². The molecule has 41 heavy (non-hydrogen) atoms. The van der Waals surface area contributed by atoms with Crippen molar-refractivity contribution in [3.8, 4) is 23.7 Å². The Bertz CT molecular complexity index is 1780. The highest BCUT2D eigenvalue weighted by atomic mass is 28.3. The molecule has 0 aliphatic carbocycles. The van der Waals surface area contributed by atoms with E-state index in [2.05, 4.69) is 114 Å². The molecule has 0 saturated carbocycles. The van der Waals surface area contributed by atoms with E-state index in [0.29, 0.717) is 0 Å². The van der Waals surface area contributed by atoms with Gasteiger partial charge in [0.1, 0.15) is 8.07 Å². The zero-order chi connectivity index (χ0) is 29.0. The van der Waals surface area contributed by atoms with E-state index in [9.17, 15) is 10.1 Å². The molecule has 200 valence electrons. The van der Waals surface area contributed by atoms with Crippen LogP contribution < -0.4 is 4.90 Å². The van der Waals surface area contributed by atoms with E-state index in [1.165, 1.54) is 12.1 Å². The first-order valence-electron chi connectivity index (χ1n) is 13.4. The van der Waals surface area contributed by atoms with Gasteiger partial charge in [-0.3, -0.25) is 10.1 Å². The minimum Gasteiger partial charge on any atom is -0.378 e. The van der Waals surface area contributed by atoms with Crippen LogP contribution in [0.2, 0.25) is 13.1 Å². The van der Waals surface area contributed by atoms with Gasteiger partial charge in [0.05, 0.1) is 4.92 Å². The maximum absolute atomic E-state index is 11.1. The third-order valence-electron chi connectivity index (χ3n) is 7.25. The Morgan fingerprint density at radius 2 is 1.02 bits per heavy atom. The molecule has 0 radical (unpaired) electrons. The average molecular weight is 551 g/mol. The number of hydrogen-bond donors (Lipinski definition) is 0. The summed E-state index contributed by atoms with van der Waals surface area (Å²) < 4.78 is 0. The summed E-state index contributed by atoms with van der Waals surface area (Å²) in [6.07, 6.45) is 0. The lowest BCUT2D eigenvalue weighted by atomic mass is 9.91. The smallest absolute Gasteiger partial charge is 0.269 e. The summed E-state index contributed by atoms with van der Waals surface area (Å²) in [6, 6.07) is 35.5. The molecule has 0 amide bonds. The minimum absolute atomic E-state index is 0.0551. The minimum atomic E-state index is -2.36. The predicted molar refractivity (Wildman–Crippen MR) is 172 cm³/mol. The number of nitro benzene ring substituents is 1. The number of benzene rings is 4. The summed E-state index contributed by atoms with van der Waals surface area (Å²) in [4.78, 5) is 12.8. The van der Waals surface area contributed by atoms with E-state index >= 15 is 0 Å². The quantitative estimate of drug-likeness (QED) is 0.113. The van der Waals surface area contributed by atoms with Gasteiger partial charge in [-0.25, -0.2) is 0 Å². The van der Waals surface area contributed by atoms with Crippen molar-refractivity contribution >= 4 is 30.6 Å². The van der Waals surface area contributed by atoms with Crippen LogP contribution in [-0.2, 0) is 0 Å². The number of anilines is 1. The van der Waals surface area contributed by atoms with E-state index in [-0.39, 0.29) is 5.69 Å². The molecule has 4 aromatic rings. The standard InChI is InChI=1S/C36H30N2O2Si/c1-37(2)31-21-15-27(16-22-31)19-25-33-35(29-11-7-5-8-12-29)36(30-13-9-6-10-14-30)34(41(33,3)4)26-20-28-17-23-32(24-18-28)38(39)40/h5-18,21-24H,1-4H3. The molecule has 0 spiro atoms. The normalized spacial score (nSPS) is 13.7. The average Bonchev–Trinajstić information content (AvgIpc) is 3.21. The van der Waals surface area contributed by atoms with Crippen LogP contribution in [0.5, 0.6) is 0 Å². The molecule has 4 aromatic carbocycles. The molecule has 5 heteroatoms. The van der Waals surface area contributed by atoms with Crippen LogP contribution in [0, 0.1) is 33.8 Å². The highest BCUT2D eigenvalue weighted by Crippen LogP contribution is 2.48. The van der Waals surface area contributed by atoms with Crippen molar-refractivity contribution in [2.24, 2.45) is 0 Å². The van der Waals surface area contributed by atoms with Crippen LogP contribution in [0.1, 0.15) is 22.3 Å². The first kappa shape index (κ1) is 27.5. The van der Waals surface area contributed by atoms with Gasteiger partial charge in [-0.15, -0.1) is 0 Å². The van der Waals surface area contributed by atoms with Crippen molar-refractivity contribution in [3.05, 3.63) is 152 Å². The number of nitro groups is 1. The van der Waals surface area contributed by atoms with Crippen LogP contribution in [0.25, 0.3) is 11.1 Å². The molecule has 0 aromatic heterocycles. The Labute approximate surface area is 242 Å². The highest BCUT2D eigenvalue weighted by molar-refractivity contribution is 6.96. The van der Waals surface area contributed by atoms with Crippen molar-refractivity contribution < 1.29 is 4.92 Å². The fraction of sp³-hybridized carbons (Fsp3) is 0.111. The summed E-state index contributed by atoms with van der Waals surface area (Å²) in [6.45, 7) is 4.62. The van der Waals surface area contributed by atoms with Gasteiger partial charge < -0.3 is 4.90 Å². The van der Waals surface area contributed by atoms with Crippen molar-refractivity contribution in [1.82, 2.24) is 0 Å². The van der Waals surface area contributed by atoms with Crippen LogP contribution >= 0.6 is 0 Å². The lowest BCUT2D eigenvalue weighted by Crippen LogP contribution is -2.29. The van der Waals surface area contributed by atoms with Crippen molar-refractivity contribution in [1.29, 1.82) is 0 Å². The highest BCUT2D eigenvalue weighted by Gasteiger charge is 2.41. The number of non-ortho nitro benzene ring substituents is 1. The third kappa shape index (κ3) is 5.77. The molecule has 0 unspecified atom stereocenters. The zero-order valence-corrected chi connectivity index (χ0v) is 24.6. The maximum Gasteiger partial charge on any atom is 0.269 e. The fourth-order valence-corrected chi connectivity index (χ4v) is 7.79. The molecule has 1 aliphatic rings. The maximum atomic E-state index is 11.1. The molecule has 0 bridgehead atoms. The molecule has 5 rings (SSSR count). The van der Waals surface area contributed by atoms with E-state index in [0.717, 1.165) is 49.5 Å². The summed E-state index contributed by atoms with van der Waals surface area (Å²) in [5.41, 5.74) is 7.37. The molecule has 1 heterocycles. The van der Waals surface area contributed by atoms with Gasteiger partial charge in [0, 0.05) is 53.4 Å². The van der Waals surface area contributed by atoms with E-state index < -0.39 is 13.0 Å². The molecule has 0 N–H and O–H groups in total. The van der Waals surface area contributed by atoms with E-state index in [1.807, 2.05) is 26.2 Å². The largest absolute Gasteiger partial charge is 0.378 e. The summed E-state index contributed by atoms with van der Waals surface area (Å²) in [5.74, 6) is 13.9. The Morgan fingerprint density at radius 3 is 1.41 bits per heavy atom. The molecule has 4 nitrogen and oxygen atoms in total. The number of allylic oxidation sites excluding steroid dienone is 4. The molecule has 0 fully saturated rings. The monoisotopic (exact) mass is 550 g/mol. The van der Waals surface area contributed by atoms with Gasteiger partial charge in [-0.05, 0) is 58.7 Å². The Morgan fingerprint density at radius 1 is 0.610 bits per heavy atom. The van der Waals surface area contributed by atoms with Crippen LogP contribution in [0.4, 0.5) is 11.4 Å². The van der Waals surface area contributed by atoms with Gasteiger partial charge in [-0.2, -0.15) is 0 Å². The molecule has 0 atom stereocenters. The molecule has 1 aliphatic heterocycles. The van der Waals surface area contributed by atoms with Crippen molar-refractivity contribution in [3.63, 3.8) is 0 Å². The fourth-order valence-electron chi connectivity index (χ4n) is 5.00. The Hall–Kier alpha value is -5.10. The second-order valence-corrected chi connectivity index (χ2v) is 14.9. The lowest BCUT2D eigenvalue weighted by Gasteiger charge is -2.18. The molecular formula is C36H30N2O2Si. The lowest BCUT2D eigenvalue weighted by molar-refractivity contribution is -0.384. The number of rotatable bonds is 4. The van der Waals surface area contributed by atoms with Gasteiger partial charge in [0.2, 0.25) is 0 Å². The topological polar surface area (TPSA) is 46.4 Å². The van der Waals surface area contributed by atoms with Crippen LogP contribution in [-0.4, -0.2) is 27.1 Å². The predicted octanol–water partition coefficient (Wildman–Crippen LogP) is 7.77. The third-order valence-corrected chi connectivity index (χ3v) is 10.5. The zero-order valence-electron chi connectivity index (χ0n) is 23.6. The molecular weight excluding hydrogens is 520 g/mol. The second-order valence-electron chi connectivity index (χ2n) is 10.6. The number of hydrogen-bond acceptors (Lipinski definition) is 3. The second kappa shape index (κ2) is 11.6. The van der Waals surface area contributed by atoms with Crippen LogP contribution in [0.3, 0.4) is 0 Å². The SMILES string of the molecule is CN(C)c1ccc(C#CC2=C(c3ccccc3)C(c3ccccc3)=C(C#Cc3ccc([N+](=O)[O-])cc3)[Si]2(C)C)cc1. The molecule has 0 saturated heterocycles. The first-order valence-corrected chi connectivity index (χ1v) is 16.4. The van der Waals surface area contributed by atoms with Gasteiger partial charge in [0.15, 0.2) is 0 Å². The van der Waals surface area contributed by atoms with Crippen molar-refractivity contribution in [2.75, 3.05) is 19.0 Å². The summed E-state index contributed by atoms with van der Waals surface area (Å²) in [7, 11) is 1.70. The van der Waals surface area contributed by atoms with Crippen molar-refractivity contribution in [2.45, 2.75) is 13.1 Å². The number of nitrogens with zero attached hydrogens (tertiary/aromatic N) is 2. The van der Waals surface area contributed by atoms with Gasteiger partial charge >= 0.3 is 0 Å². The summed E-state index contributed by atoms with van der Waals surface area (Å²) in [5, 5.41) is 13.4. The van der Waals surface area contributed by atoms with Gasteiger partial charge in [0.25, 0.3) is 5.69 Å². The van der Waals surface area contributed by atoms with Crippen LogP contribution in [0.15, 0.2) is 120 Å². The Balaban J connectivity index is 1.71. The summed E-state index contributed by atoms with van der Waals surface area (Å²) >= 11 is 0. The Kier molecular flexibility index (Phi) is 7.74. The first-order chi connectivity index (χ1) is 19.8.